The van der Waals surface area contributed by atoms with Gasteiger partial charge in [-0.2, -0.15) is 4.98 Å². The maximum Gasteiger partial charge on any atom is 0.263 e. The maximum absolute atomic E-state index is 12.7. The van der Waals surface area contributed by atoms with Crippen molar-refractivity contribution in [2.24, 2.45) is 0 Å². The molecule has 1 atom stereocenters. The molecule has 0 unspecified atom stereocenters. The minimum absolute atomic E-state index is 0.143. The van der Waals surface area contributed by atoms with Gasteiger partial charge in [-0.05, 0) is 50.2 Å². The first kappa shape index (κ1) is 19.4. The third kappa shape index (κ3) is 4.68. The summed E-state index contributed by atoms with van der Waals surface area (Å²) >= 11 is 0. The fourth-order valence-electron chi connectivity index (χ4n) is 2.70. The minimum Gasteiger partial charge on any atom is -0.497 e. The fraction of sp³-hybridized carbons (Fsp3) is 0.286. The van der Waals surface area contributed by atoms with Crippen LogP contribution in [0.25, 0.3) is 11.4 Å². The van der Waals surface area contributed by atoms with E-state index >= 15 is 0 Å². The van der Waals surface area contributed by atoms with Gasteiger partial charge in [0.25, 0.3) is 5.91 Å². The third-order valence-electron chi connectivity index (χ3n) is 4.24. The quantitative estimate of drug-likeness (QED) is 0.594. The molecule has 0 N–H and O–H groups in total. The van der Waals surface area contributed by atoms with Crippen molar-refractivity contribution in [1.82, 2.24) is 15.0 Å². The van der Waals surface area contributed by atoms with Gasteiger partial charge in [-0.1, -0.05) is 23.4 Å². The van der Waals surface area contributed by atoms with Crippen molar-refractivity contribution in [3.8, 4) is 22.9 Å². The average molecular weight is 381 g/mol. The second kappa shape index (κ2) is 9.03. The number of amides is 1. The lowest BCUT2D eigenvalue weighted by molar-refractivity contribution is -0.138. The van der Waals surface area contributed by atoms with Crippen molar-refractivity contribution in [2.45, 2.75) is 26.5 Å². The molecular weight excluding hydrogens is 358 g/mol. The zero-order chi connectivity index (χ0) is 19.9. The molecule has 0 fully saturated rings. The molecule has 0 aliphatic heterocycles. The van der Waals surface area contributed by atoms with Gasteiger partial charge in [-0.15, -0.1) is 0 Å². The Bertz CT molecular complexity index is 894. The zero-order valence-corrected chi connectivity index (χ0v) is 16.2. The Morgan fingerprint density at radius 3 is 2.46 bits per heavy atom. The summed E-state index contributed by atoms with van der Waals surface area (Å²) in [5.74, 6) is 2.10. The first-order chi connectivity index (χ1) is 13.6. The van der Waals surface area contributed by atoms with Crippen LogP contribution in [0.5, 0.6) is 11.5 Å². The SMILES string of the molecule is CCN(Cc1nc(-c2ccc(OC)cc2)no1)C(=O)[C@H](C)Oc1ccccc1. The number of aromatic nitrogens is 2. The summed E-state index contributed by atoms with van der Waals surface area (Å²) in [5.41, 5.74) is 0.811. The van der Waals surface area contributed by atoms with Crippen LogP contribution in [0.2, 0.25) is 0 Å². The Morgan fingerprint density at radius 1 is 1.11 bits per heavy atom. The van der Waals surface area contributed by atoms with E-state index in [1.165, 1.54) is 0 Å². The number of rotatable bonds is 8. The Hall–Kier alpha value is -3.35. The summed E-state index contributed by atoms with van der Waals surface area (Å²) in [7, 11) is 1.61. The van der Waals surface area contributed by atoms with E-state index in [0.717, 1.165) is 11.3 Å². The van der Waals surface area contributed by atoms with Gasteiger partial charge in [-0.25, -0.2) is 0 Å². The standard InChI is InChI=1S/C21H23N3O4/c1-4-24(21(25)15(2)27-18-8-6-5-7-9-18)14-19-22-20(23-28-19)16-10-12-17(26-3)13-11-16/h5-13,15H,4,14H2,1-3H3/t15-/m0/s1. The first-order valence-electron chi connectivity index (χ1n) is 9.08. The van der Waals surface area contributed by atoms with Crippen molar-refractivity contribution in [2.75, 3.05) is 13.7 Å². The van der Waals surface area contributed by atoms with E-state index in [2.05, 4.69) is 10.1 Å². The molecule has 1 heterocycles. The van der Waals surface area contributed by atoms with E-state index in [9.17, 15) is 4.79 Å². The number of para-hydroxylation sites is 1. The second-order valence-electron chi connectivity index (χ2n) is 6.17. The van der Waals surface area contributed by atoms with E-state index in [1.807, 2.05) is 61.5 Å². The zero-order valence-electron chi connectivity index (χ0n) is 16.2. The van der Waals surface area contributed by atoms with Crippen molar-refractivity contribution in [1.29, 1.82) is 0 Å². The molecule has 146 valence electrons. The highest BCUT2D eigenvalue weighted by Gasteiger charge is 2.23. The summed E-state index contributed by atoms with van der Waals surface area (Å²) in [6, 6.07) is 16.6. The van der Waals surface area contributed by atoms with Gasteiger partial charge in [0, 0.05) is 12.1 Å². The number of likely N-dealkylation sites (N-methyl/N-ethyl adjacent to an activating group) is 1. The number of methoxy groups -OCH3 is 1. The maximum atomic E-state index is 12.7. The molecule has 0 radical (unpaired) electrons. The van der Waals surface area contributed by atoms with E-state index in [1.54, 1.807) is 18.9 Å². The molecular formula is C21H23N3O4. The lowest BCUT2D eigenvalue weighted by Gasteiger charge is -2.23. The normalized spacial score (nSPS) is 11.7. The van der Waals surface area contributed by atoms with Crippen LogP contribution >= 0.6 is 0 Å². The van der Waals surface area contributed by atoms with E-state index in [-0.39, 0.29) is 12.5 Å². The summed E-state index contributed by atoms with van der Waals surface area (Å²) in [5, 5.41) is 4.01. The average Bonchev–Trinajstić information content (AvgIpc) is 3.21. The Morgan fingerprint density at radius 2 is 1.82 bits per heavy atom. The van der Waals surface area contributed by atoms with Gasteiger partial charge >= 0.3 is 0 Å². The van der Waals surface area contributed by atoms with Crippen LogP contribution in [-0.2, 0) is 11.3 Å². The summed E-state index contributed by atoms with van der Waals surface area (Å²) in [6.45, 7) is 4.35. The molecule has 3 rings (SSSR count). The van der Waals surface area contributed by atoms with Gasteiger partial charge < -0.3 is 18.9 Å². The van der Waals surface area contributed by atoms with Gasteiger partial charge in [0.05, 0.1) is 7.11 Å². The van der Waals surface area contributed by atoms with Crippen LogP contribution in [0.3, 0.4) is 0 Å². The molecule has 7 nitrogen and oxygen atoms in total. The topological polar surface area (TPSA) is 77.7 Å². The van der Waals surface area contributed by atoms with Gasteiger partial charge in [-0.3, -0.25) is 4.79 Å². The molecule has 3 aromatic rings. The van der Waals surface area contributed by atoms with Crippen molar-refractivity contribution < 1.29 is 18.8 Å². The molecule has 1 amide bonds. The van der Waals surface area contributed by atoms with Crippen molar-refractivity contribution >= 4 is 5.91 Å². The lowest BCUT2D eigenvalue weighted by Crippen LogP contribution is -2.40. The van der Waals surface area contributed by atoms with E-state index in [4.69, 9.17) is 14.0 Å². The smallest absolute Gasteiger partial charge is 0.263 e. The predicted octanol–water partition coefficient (Wildman–Crippen LogP) is 3.56. The first-order valence-corrected chi connectivity index (χ1v) is 9.08. The predicted molar refractivity (Wildman–Crippen MR) is 104 cm³/mol. The summed E-state index contributed by atoms with van der Waals surface area (Å²) in [4.78, 5) is 18.7. The number of carbonyl (C=O) groups excluding carboxylic acids is 1. The summed E-state index contributed by atoms with van der Waals surface area (Å²) < 4.78 is 16.2. The molecule has 2 aromatic carbocycles. The molecule has 0 saturated carbocycles. The monoisotopic (exact) mass is 381 g/mol. The third-order valence-corrected chi connectivity index (χ3v) is 4.24. The lowest BCUT2D eigenvalue weighted by atomic mass is 10.2. The largest absolute Gasteiger partial charge is 0.497 e. The van der Waals surface area contributed by atoms with E-state index in [0.29, 0.717) is 24.0 Å². The number of benzene rings is 2. The number of nitrogens with zero attached hydrogens (tertiary/aromatic N) is 3. The molecule has 0 bridgehead atoms. The van der Waals surface area contributed by atoms with Gasteiger partial charge in [0.1, 0.15) is 18.0 Å². The highest BCUT2D eigenvalue weighted by molar-refractivity contribution is 5.80. The van der Waals surface area contributed by atoms with Gasteiger partial charge in [0.15, 0.2) is 6.10 Å². The number of hydrogen-bond acceptors (Lipinski definition) is 6. The number of ether oxygens (including phenoxy) is 2. The van der Waals surface area contributed by atoms with E-state index < -0.39 is 6.10 Å². The summed E-state index contributed by atoms with van der Waals surface area (Å²) in [6.07, 6.45) is -0.619. The minimum atomic E-state index is -0.619. The Kier molecular flexibility index (Phi) is 6.26. The fourth-order valence-corrected chi connectivity index (χ4v) is 2.70. The van der Waals surface area contributed by atoms with Crippen LogP contribution in [0, 0.1) is 0 Å². The molecule has 28 heavy (non-hydrogen) atoms. The van der Waals surface area contributed by atoms with Crippen LogP contribution in [-0.4, -0.2) is 40.7 Å². The Balaban J connectivity index is 1.65. The number of hydrogen-bond donors (Lipinski definition) is 0. The highest BCUT2D eigenvalue weighted by Crippen LogP contribution is 2.20. The second-order valence-corrected chi connectivity index (χ2v) is 6.17. The molecule has 1 aromatic heterocycles. The van der Waals surface area contributed by atoms with Crippen LogP contribution in [0.1, 0.15) is 19.7 Å². The van der Waals surface area contributed by atoms with Crippen molar-refractivity contribution in [3.63, 3.8) is 0 Å². The number of carbonyl (C=O) groups is 1. The van der Waals surface area contributed by atoms with Gasteiger partial charge in [0.2, 0.25) is 11.7 Å². The Labute approximate surface area is 163 Å². The molecule has 0 aliphatic carbocycles. The highest BCUT2D eigenvalue weighted by atomic mass is 16.5. The molecule has 7 heteroatoms. The molecule has 0 spiro atoms. The van der Waals surface area contributed by atoms with Crippen molar-refractivity contribution in [3.05, 3.63) is 60.5 Å². The van der Waals surface area contributed by atoms with Crippen LogP contribution in [0.4, 0.5) is 0 Å². The molecule has 0 saturated heterocycles. The molecule has 0 aliphatic rings. The van der Waals surface area contributed by atoms with Crippen LogP contribution in [0.15, 0.2) is 59.1 Å². The van der Waals surface area contributed by atoms with Crippen LogP contribution < -0.4 is 9.47 Å².